The Balaban J connectivity index is 1.64. The van der Waals surface area contributed by atoms with E-state index in [9.17, 15) is 10.2 Å². The summed E-state index contributed by atoms with van der Waals surface area (Å²) < 4.78 is 5.42. The number of nitrogens with zero attached hydrogens (tertiary/aromatic N) is 3. The van der Waals surface area contributed by atoms with Gasteiger partial charge >= 0.3 is 0 Å². The van der Waals surface area contributed by atoms with Gasteiger partial charge in [-0.1, -0.05) is 6.92 Å². The summed E-state index contributed by atoms with van der Waals surface area (Å²) in [4.78, 5) is 4.21. The topological polar surface area (TPSA) is 80.6 Å². The summed E-state index contributed by atoms with van der Waals surface area (Å²) in [5, 5.41) is 24.8. The van der Waals surface area contributed by atoms with E-state index in [1.807, 2.05) is 24.0 Å². The van der Waals surface area contributed by atoms with Gasteiger partial charge < -0.3 is 19.8 Å². The number of phenols is 2. The maximum atomic E-state index is 10.4. The molecule has 1 saturated heterocycles. The fraction of sp³-hybridized carbons (Fsp3) is 0.350. The zero-order valence-electron chi connectivity index (χ0n) is 15.7. The van der Waals surface area contributed by atoms with Crippen molar-refractivity contribution in [2.45, 2.75) is 18.8 Å². The first-order chi connectivity index (χ1) is 13.6. The molecule has 4 rings (SSSR count). The minimum absolute atomic E-state index is 0.0207. The fourth-order valence-corrected chi connectivity index (χ4v) is 3.83. The van der Waals surface area contributed by atoms with Gasteiger partial charge in [-0.15, -0.1) is 12.6 Å². The molecule has 0 spiro atoms. The molecule has 0 radical (unpaired) electrons. The average molecular weight is 401 g/mol. The highest BCUT2D eigenvalue weighted by Crippen LogP contribution is 2.33. The molecular weight excluding hydrogens is 376 g/mol. The van der Waals surface area contributed by atoms with Crippen LogP contribution in [0.15, 0.2) is 41.5 Å². The lowest BCUT2D eigenvalue weighted by atomic mass is 10.0. The second-order valence-corrected chi connectivity index (χ2v) is 7.26. The van der Waals surface area contributed by atoms with Crippen LogP contribution in [0.3, 0.4) is 0 Å². The van der Waals surface area contributed by atoms with Crippen LogP contribution in [0.2, 0.25) is 0 Å². The van der Waals surface area contributed by atoms with Crippen LogP contribution < -0.4 is 15.2 Å². The molecule has 2 heterocycles. The Labute approximate surface area is 169 Å². The Morgan fingerprint density at radius 2 is 1.79 bits per heavy atom. The normalized spacial score (nSPS) is 19.5. The van der Waals surface area contributed by atoms with Crippen molar-refractivity contribution in [3.8, 4) is 11.5 Å². The maximum absolute atomic E-state index is 10.4. The number of anilines is 2. The van der Waals surface area contributed by atoms with Gasteiger partial charge in [-0.25, -0.2) is 0 Å². The third-order valence-electron chi connectivity index (χ3n) is 5.08. The molecule has 1 atom stereocenters. The Morgan fingerprint density at radius 1 is 1.11 bits per heavy atom. The summed E-state index contributed by atoms with van der Waals surface area (Å²) in [5.41, 5.74) is 5.95. The lowest BCUT2D eigenvalue weighted by Crippen LogP contribution is -2.37. The van der Waals surface area contributed by atoms with Crippen molar-refractivity contribution in [3.05, 3.63) is 47.5 Å². The fourth-order valence-electron chi connectivity index (χ4n) is 3.53. The summed E-state index contributed by atoms with van der Waals surface area (Å²) in [6.07, 6.45) is 0.651. The molecule has 2 aliphatic heterocycles. The van der Waals surface area contributed by atoms with E-state index in [-0.39, 0.29) is 17.0 Å². The van der Waals surface area contributed by atoms with Crippen molar-refractivity contribution in [1.29, 1.82) is 0 Å². The second kappa shape index (κ2) is 7.81. The number of aromatic hydroxyl groups is 2. The highest BCUT2D eigenvalue weighted by atomic mass is 32.1. The van der Waals surface area contributed by atoms with Gasteiger partial charge in [-0.05, 0) is 42.3 Å². The van der Waals surface area contributed by atoms with E-state index in [1.54, 1.807) is 6.07 Å². The molecular formula is C20H24N4O3S. The van der Waals surface area contributed by atoms with Gasteiger partial charge in [0.2, 0.25) is 0 Å². The number of rotatable bonds is 4. The number of aryl methyl sites for hydroxylation is 1. The average Bonchev–Trinajstić information content (AvgIpc) is 3.10. The van der Waals surface area contributed by atoms with E-state index >= 15 is 0 Å². The van der Waals surface area contributed by atoms with E-state index in [2.05, 4.69) is 40.2 Å². The van der Waals surface area contributed by atoms with Crippen molar-refractivity contribution in [2.24, 2.45) is 5.10 Å². The minimum Gasteiger partial charge on any atom is -0.508 e. The number of hydrazone groups is 1. The zero-order chi connectivity index (χ0) is 19.7. The van der Waals surface area contributed by atoms with Gasteiger partial charge in [0, 0.05) is 30.5 Å². The number of benzene rings is 2. The number of hydrogen-bond donors (Lipinski definition) is 4. The van der Waals surface area contributed by atoms with Crippen LogP contribution in [0.4, 0.5) is 11.4 Å². The highest BCUT2D eigenvalue weighted by Gasteiger charge is 2.30. The van der Waals surface area contributed by atoms with Gasteiger partial charge in [-0.3, -0.25) is 10.3 Å². The number of amidine groups is 1. The van der Waals surface area contributed by atoms with Crippen LogP contribution in [0.1, 0.15) is 18.1 Å². The predicted molar refractivity (Wildman–Crippen MR) is 114 cm³/mol. The Bertz CT molecular complexity index is 882. The van der Waals surface area contributed by atoms with Crippen LogP contribution >= 0.6 is 12.6 Å². The molecule has 2 aliphatic rings. The third kappa shape index (κ3) is 3.45. The lowest BCUT2D eigenvalue weighted by Gasteiger charge is -2.30. The molecule has 148 valence electrons. The van der Waals surface area contributed by atoms with Gasteiger partial charge in [-0.2, -0.15) is 5.10 Å². The van der Waals surface area contributed by atoms with Crippen molar-refractivity contribution in [1.82, 2.24) is 5.43 Å². The van der Waals surface area contributed by atoms with Crippen LogP contribution in [-0.2, 0) is 11.2 Å². The van der Waals surface area contributed by atoms with Crippen molar-refractivity contribution in [3.63, 3.8) is 0 Å². The van der Waals surface area contributed by atoms with Crippen LogP contribution in [0, 0.1) is 0 Å². The molecule has 0 saturated carbocycles. The Hall–Kier alpha value is -2.58. The molecule has 2 aromatic carbocycles. The molecule has 1 fully saturated rings. The number of nitrogens with one attached hydrogen (secondary N) is 1. The molecule has 1 unspecified atom stereocenters. The Morgan fingerprint density at radius 3 is 2.46 bits per heavy atom. The molecule has 0 bridgehead atoms. The minimum atomic E-state index is -0.359. The third-order valence-corrected chi connectivity index (χ3v) is 5.43. The van der Waals surface area contributed by atoms with Gasteiger partial charge in [0.15, 0.2) is 11.3 Å². The maximum Gasteiger partial charge on any atom is 0.166 e. The quantitative estimate of drug-likeness (QED) is 0.591. The summed E-state index contributed by atoms with van der Waals surface area (Å²) in [5.74, 6) is 0.623. The van der Waals surface area contributed by atoms with E-state index in [1.165, 1.54) is 6.07 Å². The second-order valence-electron chi connectivity index (χ2n) is 6.78. The summed E-state index contributed by atoms with van der Waals surface area (Å²) in [7, 11) is 0. The number of phenolic OH excluding ortho intramolecular Hbond substituents is 2. The molecule has 0 aliphatic carbocycles. The van der Waals surface area contributed by atoms with Gasteiger partial charge in [0.1, 0.15) is 11.5 Å². The largest absolute Gasteiger partial charge is 0.508 e. The lowest BCUT2D eigenvalue weighted by molar-refractivity contribution is 0.122. The smallest absolute Gasteiger partial charge is 0.166 e. The summed E-state index contributed by atoms with van der Waals surface area (Å²) in [6.45, 7) is 5.20. The van der Waals surface area contributed by atoms with E-state index in [4.69, 9.17) is 4.74 Å². The molecule has 8 heteroatoms. The number of hydrogen-bond acceptors (Lipinski definition) is 8. The monoisotopic (exact) mass is 400 g/mol. The van der Waals surface area contributed by atoms with Gasteiger partial charge in [0.25, 0.3) is 0 Å². The molecule has 7 nitrogen and oxygen atoms in total. The summed E-state index contributed by atoms with van der Waals surface area (Å²) >= 11 is 4.58. The van der Waals surface area contributed by atoms with Crippen LogP contribution in [0.25, 0.3) is 0 Å². The van der Waals surface area contributed by atoms with E-state index in [0.717, 1.165) is 43.2 Å². The molecule has 0 aromatic heterocycles. The first-order valence-electron chi connectivity index (χ1n) is 9.37. The van der Waals surface area contributed by atoms with E-state index in [0.29, 0.717) is 17.8 Å². The van der Waals surface area contributed by atoms with E-state index < -0.39 is 0 Å². The zero-order valence-corrected chi connectivity index (χ0v) is 16.6. The van der Waals surface area contributed by atoms with Gasteiger partial charge in [0.05, 0.1) is 18.8 Å². The van der Waals surface area contributed by atoms with Crippen molar-refractivity contribution < 1.29 is 14.9 Å². The highest BCUT2D eigenvalue weighted by molar-refractivity contribution is 7.81. The molecule has 0 amide bonds. The number of thiol groups is 1. The molecule has 28 heavy (non-hydrogen) atoms. The van der Waals surface area contributed by atoms with Crippen LogP contribution in [-0.4, -0.2) is 47.8 Å². The number of morpholine rings is 1. The number of ether oxygens (including phenoxy) is 1. The summed E-state index contributed by atoms with van der Waals surface area (Å²) in [6, 6.07) is 11.3. The predicted octanol–water partition coefficient (Wildman–Crippen LogP) is 2.48. The van der Waals surface area contributed by atoms with Crippen molar-refractivity contribution >= 4 is 29.8 Å². The SMILES string of the molecule is CCc1cc(C2=NNC(S)N2c2ccc(N3CCOCC3)cc2)c(O)cc1O. The first-order valence-corrected chi connectivity index (χ1v) is 9.88. The molecule has 3 N–H and O–H groups in total. The van der Waals surface area contributed by atoms with Crippen molar-refractivity contribution in [2.75, 3.05) is 36.1 Å². The Kier molecular flexibility index (Phi) is 5.23. The van der Waals surface area contributed by atoms with Crippen LogP contribution in [0.5, 0.6) is 11.5 Å². The molecule has 2 aromatic rings. The standard InChI is InChI=1S/C20H24N4O3S/c1-2-13-11-16(18(26)12-17(13)25)19-21-22-20(28)24(19)15-5-3-14(4-6-15)23-7-9-27-10-8-23/h3-6,11-12,20,22,25-26,28H,2,7-10H2,1H3. The first kappa shape index (κ1) is 18.8.